The maximum absolute atomic E-state index is 5.29. The minimum absolute atomic E-state index is 0. The summed E-state index contributed by atoms with van der Waals surface area (Å²) in [4.78, 5) is 21.1. The minimum Gasteiger partial charge on any atom is -0.656 e. The minimum atomic E-state index is 0. The molecule has 2 aliphatic heterocycles. The number of aromatic nitrogens is 4. The Morgan fingerprint density at radius 1 is 0.396 bits per heavy atom. The summed E-state index contributed by atoms with van der Waals surface area (Å²) in [6, 6.07) is 45.7. The second kappa shape index (κ2) is 14.4. The Balaban J connectivity index is 0.00000400. The van der Waals surface area contributed by atoms with E-state index < -0.39 is 0 Å². The van der Waals surface area contributed by atoms with Gasteiger partial charge in [-0.05, 0) is 84.7 Å². The van der Waals surface area contributed by atoms with Crippen molar-refractivity contribution in [2.24, 2.45) is 0 Å². The van der Waals surface area contributed by atoms with E-state index in [-0.39, 0.29) is 19.5 Å². The van der Waals surface area contributed by atoms with Gasteiger partial charge in [0.1, 0.15) is 0 Å². The van der Waals surface area contributed by atoms with E-state index in [1.807, 2.05) is 36.4 Å². The van der Waals surface area contributed by atoms with Crippen molar-refractivity contribution in [3.05, 3.63) is 167 Å². The molecule has 9 rings (SSSR count). The molecule has 0 unspecified atom stereocenters. The van der Waals surface area contributed by atoms with Crippen LogP contribution < -0.4 is 20.6 Å². The summed E-state index contributed by atoms with van der Waals surface area (Å²) in [5.41, 5.74) is 16.3. The fourth-order valence-corrected chi connectivity index (χ4v) is 6.71. The van der Waals surface area contributed by atoms with Crippen molar-refractivity contribution >= 4 is 69.1 Å². The fraction of sp³-hybridized carbons (Fsp3) is 0.0435. The number of anilines is 4. The molecule has 2 aliphatic rings. The average molecular weight is 736 g/mol. The van der Waals surface area contributed by atoms with Crippen LogP contribution in [0.25, 0.3) is 68.6 Å². The quantitative estimate of drug-likeness (QED) is 0.166. The van der Waals surface area contributed by atoms with Crippen molar-refractivity contribution in [2.75, 3.05) is 10.6 Å². The Morgan fingerprint density at radius 2 is 0.755 bits per heavy atom. The summed E-state index contributed by atoms with van der Waals surface area (Å²) < 4.78 is 0. The van der Waals surface area contributed by atoms with Crippen LogP contribution in [0.4, 0.5) is 22.7 Å². The first-order valence-corrected chi connectivity index (χ1v) is 17.4. The summed E-state index contributed by atoms with van der Waals surface area (Å²) in [6.07, 6.45) is 8.28. The Labute approximate surface area is 321 Å². The number of nitrogens with one attached hydrogen (secondary N) is 2. The second-order valence-corrected chi connectivity index (χ2v) is 13.1. The van der Waals surface area contributed by atoms with Gasteiger partial charge < -0.3 is 20.6 Å². The van der Waals surface area contributed by atoms with Crippen LogP contribution in [0.3, 0.4) is 0 Å². The molecule has 5 heterocycles. The predicted octanol–water partition coefficient (Wildman–Crippen LogP) is 11.3. The van der Waals surface area contributed by atoms with E-state index in [1.165, 1.54) is 11.1 Å². The molecule has 0 amide bonds. The monoisotopic (exact) mass is 734 g/mol. The smallest absolute Gasteiger partial charge is 0.656 e. The van der Waals surface area contributed by atoms with E-state index in [0.717, 1.165) is 89.8 Å². The van der Waals surface area contributed by atoms with Gasteiger partial charge in [0.25, 0.3) is 0 Å². The van der Waals surface area contributed by atoms with Gasteiger partial charge in [0.15, 0.2) is 0 Å². The van der Waals surface area contributed by atoms with Crippen LogP contribution in [0, 0.1) is 13.8 Å². The standard InChI is InChI=1S/C46H34N6.Zn/c1-29-13-17-33(18-14-29)47-45-39-25-21-35(49-39)43(31-9-5-3-6-10-31)37-23-27-41(51-37)46(48-34-19-15-30(2)16-20-34)42-28-24-38(52-42)44(32-11-7-4-8-12-32)36-22-26-40(45)50-36;/h3-28,47-48H,1-2H3;/q-2;+2. The van der Waals surface area contributed by atoms with E-state index in [0.29, 0.717) is 0 Å². The maximum atomic E-state index is 5.29. The molecule has 8 bridgehead atoms. The molecular weight excluding hydrogens is 702 g/mol. The van der Waals surface area contributed by atoms with Gasteiger partial charge in [-0.1, -0.05) is 120 Å². The van der Waals surface area contributed by atoms with Crippen LogP contribution in [0.5, 0.6) is 0 Å². The van der Waals surface area contributed by atoms with Crippen molar-refractivity contribution in [1.29, 1.82) is 0 Å². The first kappa shape index (κ1) is 33.8. The Bertz CT molecular complexity index is 2480. The first-order chi connectivity index (χ1) is 25.6. The van der Waals surface area contributed by atoms with Gasteiger partial charge in [0, 0.05) is 22.7 Å². The maximum Gasteiger partial charge on any atom is 2.00 e. The third-order valence-electron chi connectivity index (χ3n) is 9.38. The number of benzene rings is 4. The summed E-state index contributed by atoms with van der Waals surface area (Å²) in [5, 5.41) is 7.35. The van der Waals surface area contributed by atoms with Crippen LogP contribution >= 0.6 is 0 Å². The third kappa shape index (κ3) is 6.75. The van der Waals surface area contributed by atoms with Gasteiger partial charge in [-0.3, -0.25) is 0 Å². The number of fused-ring (bicyclic) bond motifs is 8. The van der Waals surface area contributed by atoms with Crippen molar-refractivity contribution in [3.63, 3.8) is 0 Å². The number of hydrogen-bond donors (Lipinski definition) is 2. The van der Waals surface area contributed by atoms with Crippen LogP contribution in [0.1, 0.15) is 33.9 Å². The molecular formula is C46H34N6Zn. The number of rotatable bonds is 6. The zero-order valence-electron chi connectivity index (χ0n) is 29.5. The van der Waals surface area contributed by atoms with Gasteiger partial charge in [-0.25, -0.2) is 9.97 Å². The number of nitrogens with zero attached hydrogens (tertiary/aromatic N) is 4. The number of aryl methyl sites for hydroxylation is 2. The van der Waals surface area contributed by atoms with Crippen LogP contribution in [-0.2, 0) is 19.5 Å². The molecule has 7 heteroatoms. The summed E-state index contributed by atoms with van der Waals surface area (Å²) in [5.74, 6) is 0. The van der Waals surface area contributed by atoms with Crippen molar-refractivity contribution in [2.45, 2.75) is 13.8 Å². The first-order valence-electron chi connectivity index (χ1n) is 17.4. The normalized spacial score (nSPS) is 11.7. The SMILES string of the molecule is Cc1ccc(Nc2c3nc(c(-c4ccccc4)c4ccc([n-]4)c(Nc4ccc(C)cc4)c4nc(c(-c5ccccc5)c5ccc2[n-]5)C=C4)C=C3)cc1.[Zn+2]. The molecule has 7 aromatic rings. The Hall–Kier alpha value is -6.30. The van der Waals surface area contributed by atoms with Crippen molar-refractivity contribution < 1.29 is 19.5 Å². The van der Waals surface area contributed by atoms with Gasteiger partial charge in [0.05, 0.1) is 22.8 Å². The third-order valence-corrected chi connectivity index (χ3v) is 9.38. The summed E-state index contributed by atoms with van der Waals surface area (Å²) >= 11 is 0. The molecule has 0 radical (unpaired) electrons. The van der Waals surface area contributed by atoms with Gasteiger partial charge >= 0.3 is 19.5 Å². The molecule has 53 heavy (non-hydrogen) atoms. The molecule has 0 spiro atoms. The molecule has 0 saturated heterocycles. The molecule has 3 aromatic heterocycles. The Kier molecular flexibility index (Phi) is 9.18. The van der Waals surface area contributed by atoms with E-state index >= 15 is 0 Å². The summed E-state index contributed by atoms with van der Waals surface area (Å²) in [7, 11) is 0. The Morgan fingerprint density at radius 3 is 1.15 bits per heavy atom. The zero-order valence-corrected chi connectivity index (χ0v) is 32.5. The molecule has 0 saturated carbocycles. The van der Waals surface area contributed by atoms with Crippen molar-refractivity contribution in [3.8, 4) is 22.3 Å². The molecule has 6 nitrogen and oxygen atoms in total. The second-order valence-electron chi connectivity index (χ2n) is 13.1. The number of hydrogen-bond acceptors (Lipinski definition) is 4. The predicted molar refractivity (Wildman–Crippen MR) is 217 cm³/mol. The van der Waals surface area contributed by atoms with E-state index in [2.05, 4.69) is 146 Å². The van der Waals surface area contributed by atoms with Crippen LogP contribution in [-0.4, -0.2) is 9.97 Å². The molecule has 0 fully saturated rings. The molecule has 250 valence electrons. The zero-order chi connectivity index (χ0) is 35.0. The van der Waals surface area contributed by atoms with Crippen molar-refractivity contribution in [1.82, 2.24) is 19.9 Å². The summed E-state index contributed by atoms with van der Waals surface area (Å²) in [6.45, 7) is 4.18. The molecule has 0 aliphatic carbocycles. The average Bonchev–Trinajstić information content (AvgIpc) is 4.02. The largest absolute Gasteiger partial charge is 2.00 e. The molecule has 2 N–H and O–H groups in total. The van der Waals surface area contributed by atoms with Gasteiger partial charge in [-0.15, -0.1) is 22.1 Å². The van der Waals surface area contributed by atoms with Gasteiger partial charge in [0.2, 0.25) is 0 Å². The van der Waals surface area contributed by atoms with E-state index in [4.69, 9.17) is 19.9 Å². The van der Waals surface area contributed by atoms with Gasteiger partial charge in [-0.2, -0.15) is 0 Å². The van der Waals surface area contributed by atoms with Crippen LogP contribution in [0.2, 0.25) is 0 Å². The van der Waals surface area contributed by atoms with E-state index in [1.54, 1.807) is 0 Å². The van der Waals surface area contributed by atoms with E-state index in [9.17, 15) is 0 Å². The fourth-order valence-electron chi connectivity index (χ4n) is 6.71. The molecule has 4 aromatic carbocycles. The molecule has 0 atom stereocenters. The topological polar surface area (TPSA) is 78.0 Å². The van der Waals surface area contributed by atoms with Crippen LogP contribution in [0.15, 0.2) is 133 Å².